The van der Waals surface area contributed by atoms with Gasteiger partial charge in [-0.3, -0.25) is 9.78 Å². The number of amides is 1. The first kappa shape index (κ1) is 28.0. The fourth-order valence-electron chi connectivity index (χ4n) is 5.04. The number of hydrogen-bond donors (Lipinski definition) is 4. The van der Waals surface area contributed by atoms with Crippen molar-refractivity contribution in [3.63, 3.8) is 0 Å². The van der Waals surface area contributed by atoms with E-state index in [9.17, 15) is 19.4 Å². The molecule has 2 heterocycles. The van der Waals surface area contributed by atoms with Crippen LogP contribution in [-0.4, -0.2) is 32.2 Å². The topological polar surface area (TPSA) is 121 Å². The number of rotatable bonds is 5. The summed E-state index contributed by atoms with van der Waals surface area (Å²) in [6, 6.07) is 5.38. The van der Waals surface area contributed by atoms with Gasteiger partial charge in [-0.1, -0.05) is 13.8 Å². The van der Waals surface area contributed by atoms with E-state index < -0.39 is 29.2 Å². The van der Waals surface area contributed by atoms with Gasteiger partial charge in [0.25, 0.3) is 5.91 Å². The highest BCUT2D eigenvalue weighted by molar-refractivity contribution is 7.28. The quantitative estimate of drug-likeness (QED) is 0.353. The lowest BCUT2D eigenvalue weighted by molar-refractivity contribution is 0.0384. The van der Waals surface area contributed by atoms with Crippen molar-refractivity contribution in [2.75, 3.05) is 11.1 Å². The van der Waals surface area contributed by atoms with E-state index in [1.54, 1.807) is 6.20 Å². The smallest absolute Gasteiger partial charge is 0.276 e. The highest BCUT2D eigenvalue weighted by Crippen LogP contribution is 2.41. The highest BCUT2D eigenvalue weighted by atomic mass is 31.0. The third kappa shape index (κ3) is 5.55. The number of nitrogen functional groups attached to an aromatic ring is 1. The van der Waals surface area contributed by atoms with Gasteiger partial charge in [-0.05, 0) is 79.1 Å². The average Bonchev–Trinajstić information content (AvgIpc) is 2.82. The number of anilines is 2. The van der Waals surface area contributed by atoms with Crippen molar-refractivity contribution < 1.29 is 23.8 Å². The van der Waals surface area contributed by atoms with E-state index in [2.05, 4.69) is 31.4 Å². The van der Waals surface area contributed by atoms with Crippen molar-refractivity contribution >= 4 is 31.8 Å². The summed E-state index contributed by atoms with van der Waals surface area (Å²) in [7, 11) is 2.32. The molecule has 10 heteroatoms. The largest absolute Gasteiger partial charge is 0.397 e. The highest BCUT2D eigenvalue weighted by Gasteiger charge is 2.33. The van der Waals surface area contributed by atoms with Crippen LogP contribution in [0.4, 0.5) is 20.2 Å². The molecule has 0 aliphatic heterocycles. The summed E-state index contributed by atoms with van der Waals surface area (Å²) in [6.45, 7) is 7.15. The number of nitrogens with one attached hydrogen (secondary N) is 1. The standard InChI is InChI=1S/C28H33F2N4O3P/c1-13-7-15(8-22(35)14(13)2)17-5-6-32-12-21(17)33-27(36)26-20(31)11-19(30)25(34-26)24-18(29)9-16(10-23(24)38)28(3,4)37/h5-6,9-15,22,35,37H,7-8,31,38H2,1-4H3,(H,33,36)/t13-,14-,15+,22+/m0/s1. The number of benzene rings is 1. The number of aliphatic hydroxyl groups excluding tert-OH is 1. The summed E-state index contributed by atoms with van der Waals surface area (Å²) >= 11 is 0. The molecule has 0 radical (unpaired) electrons. The number of nitrogens with two attached hydrogens (primary N) is 1. The van der Waals surface area contributed by atoms with Crippen LogP contribution in [-0.2, 0) is 5.60 Å². The van der Waals surface area contributed by atoms with Gasteiger partial charge in [-0.2, -0.15) is 0 Å². The Balaban J connectivity index is 1.69. The lowest BCUT2D eigenvalue weighted by Gasteiger charge is -2.37. The molecule has 1 aliphatic carbocycles. The van der Waals surface area contributed by atoms with Crippen LogP contribution in [0.5, 0.6) is 0 Å². The Morgan fingerprint density at radius 2 is 1.89 bits per heavy atom. The average molecular weight is 543 g/mol. The Morgan fingerprint density at radius 1 is 1.18 bits per heavy atom. The Morgan fingerprint density at radius 3 is 2.53 bits per heavy atom. The third-order valence-electron chi connectivity index (χ3n) is 7.51. The van der Waals surface area contributed by atoms with E-state index in [1.807, 2.05) is 13.0 Å². The number of aliphatic hydroxyl groups is 2. The molecule has 202 valence electrons. The van der Waals surface area contributed by atoms with Crippen LogP contribution < -0.4 is 16.4 Å². The second kappa shape index (κ2) is 10.6. The summed E-state index contributed by atoms with van der Waals surface area (Å²) < 4.78 is 30.1. The SMILES string of the molecule is C[C@@H]1[C@H](O)C[C@H](c2ccncc2NC(=O)c2nc(-c3c(F)cc(C(C)(C)O)cc3P)c(F)cc2N)C[C@@H]1C. The van der Waals surface area contributed by atoms with E-state index in [-0.39, 0.29) is 45.7 Å². The normalized spacial score (nSPS) is 21.8. The Labute approximate surface area is 223 Å². The molecule has 7 nitrogen and oxygen atoms in total. The van der Waals surface area contributed by atoms with Crippen molar-refractivity contribution in [3.8, 4) is 11.3 Å². The molecule has 4 rings (SSSR count). The summed E-state index contributed by atoms with van der Waals surface area (Å²) in [5.74, 6) is -1.92. The van der Waals surface area contributed by atoms with E-state index in [4.69, 9.17) is 5.73 Å². The van der Waals surface area contributed by atoms with Crippen LogP contribution in [0.3, 0.4) is 0 Å². The molecule has 5 atom stereocenters. The van der Waals surface area contributed by atoms with Crippen LogP contribution >= 0.6 is 9.24 Å². The fourth-order valence-corrected chi connectivity index (χ4v) is 5.49. The molecule has 1 fully saturated rings. The molecule has 1 amide bonds. The van der Waals surface area contributed by atoms with E-state index in [0.29, 0.717) is 17.7 Å². The lowest BCUT2D eigenvalue weighted by atomic mass is 9.71. The second-order valence-electron chi connectivity index (χ2n) is 10.7. The molecule has 3 aromatic rings. The first-order chi connectivity index (χ1) is 17.8. The molecule has 0 saturated heterocycles. The van der Waals surface area contributed by atoms with Crippen LogP contribution in [0.25, 0.3) is 11.3 Å². The van der Waals surface area contributed by atoms with Gasteiger partial charge >= 0.3 is 0 Å². The third-order valence-corrected chi connectivity index (χ3v) is 7.97. The Bertz CT molecular complexity index is 1340. The molecule has 1 unspecified atom stereocenters. The predicted octanol–water partition coefficient (Wildman–Crippen LogP) is 4.49. The van der Waals surface area contributed by atoms with Crippen LogP contribution in [0.2, 0.25) is 0 Å². The maximum absolute atomic E-state index is 15.1. The maximum atomic E-state index is 15.1. The number of pyridine rings is 2. The minimum Gasteiger partial charge on any atom is -0.397 e. The van der Waals surface area contributed by atoms with Gasteiger partial charge in [0, 0.05) is 17.8 Å². The molecule has 1 saturated carbocycles. The number of carbonyl (C=O) groups excluding carboxylic acids is 1. The summed E-state index contributed by atoms with van der Waals surface area (Å²) in [5.41, 5.74) is 5.22. The first-order valence-corrected chi connectivity index (χ1v) is 13.1. The van der Waals surface area contributed by atoms with Gasteiger partial charge in [-0.15, -0.1) is 9.24 Å². The molecular weight excluding hydrogens is 509 g/mol. The van der Waals surface area contributed by atoms with Crippen molar-refractivity contribution in [2.45, 2.75) is 58.2 Å². The fraction of sp³-hybridized carbons (Fsp3) is 0.393. The molecule has 38 heavy (non-hydrogen) atoms. The Kier molecular flexibility index (Phi) is 7.84. The zero-order chi connectivity index (χ0) is 27.9. The zero-order valence-electron chi connectivity index (χ0n) is 21.8. The molecule has 2 aromatic heterocycles. The number of halogens is 2. The number of hydrogen-bond acceptors (Lipinski definition) is 6. The molecule has 0 bridgehead atoms. The molecular formula is C28H33F2N4O3P. The molecule has 1 aliphatic rings. The summed E-state index contributed by atoms with van der Waals surface area (Å²) in [6.07, 6.45) is 4.07. The van der Waals surface area contributed by atoms with Gasteiger partial charge in [0.05, 0.1) is 29.3 Å². The van der Waals surface area contributed by atoms with Gasteiger partial charge in [0.1, 0.15) is 11.5 Å². The summed E-state index contributed by atoms with van der Waals surface area (Å²) in [4.78, 5) is 21.6. The van der Waals surface area contributed by atoms with E-state index in [1.165, 1.54) is 26.1 Å². The van der Waals surface area contributed by atoms with E-state index >= 15 is 4.39 Å². The van der Waals surface area contributed by atoms with Gasteiger partial charge in [-0.25, -0.2) is 13.8 Å². The van der Waals surface area contributed by atoms with Crippen LogP contribution in [0.1, 0.15) is 68.1 Å². The first-order valence-electron chi connectivity index (χ1n) is 12.5. The minimum absolute atomic E-state index is 0.00615. The van der Waals surface area contributed by atoms with E-state index in [0.717, 1.165) is 24.1 Å². The summed E-state index contributed by atoms with van der Waals surface area (Å²) in [5, 5.41) is 23.8. The van der Waals surface area contributed by atoms with Crippen molar-refractivity contribution in [1.82, 2.24) is 9.97 Å². The Hall–Kier alpha value is -3.00. The molecule has 0 spiro atoms. The van der Waals surface area contributed by atoms with Crippen LogP contribution in [0, 0.1) is 23.5 Å². The minimum atomic E-state index is -1.31. The monoisotopic (exact) mass is 542 g/mol. The predicted molar refractivity (Wildman–Crippen MR) is 147 cm³/mol. The zero-order valence-corrected chi connectivity index (χ0v) is 23.0. The van der Waals surface area contributed by atoms with Crippen molar-refractivity contribution in [1.29, 1.82) is 0 Å². The van der Waals surface area contributed by atoms with Gasteiger partial charge < -0.3 is 21.3 Å². The number of nitrogens with zero attached hydrogens (tertiary/aromatic N) is 2. The second-order valence-corrected chi connectivity index (χ2v) is 11.3. The molecule has 5 N–H and O–H groups in total. The van der Waals surface area contributed by atoms with Crippen molar-refractivity contribution in [2.24, 2.45) is 11.8 Å². The maximum Gasteiger partial charge on any atom is 0.276 e. The number of carbonyl (C=O) groups is 1. The van der Waals surface area contributed by atoms with Gasteiger partial charge in [0.15, 0.2) is 11.5 Å². The lowest BCUT2D eigenvalue weighted by Crippen LogP contribution is -2.33. The number of aromatic nitrogens is 2. The van der Waals surface area contributed by atoms with Gasteiger partial charge in [0.2, 0.25) is 0 Å². The molecule has 1 aromatic carbocycles. The van der Waals surface area contributed by atoms with Crippen molar-refractivity contribution in [3.05, 3.63) is 65.1 Å². The van der Waals surface area contributed by atoms with Crippen LogP contribution in [0.15, 0.2) is 36.7 Å².